The third-order valence-corrected chi connectivity index (χ3v) is 3.15. The van der Waals surface area contributed by atoms with Gasteiger partial charge in [0.1, 0.15) is 17.9 Å². The van der Waals surface area contributed by atoms with E-state index in [4.69, 9.17) is 16.3 Å². The fraction of sp³-hybridized carbons (Fsp3) is 0.462. The van der Waals surface area contributed by atoms with Crippen molar-refractivity contribution in [2.45, 2.75) is 18.8 Å². The molecule has 2 heterocycles. The molecule has 1 unspecified atom stereocenters. The Morgan fingerprint density at radius 1 is 1.45 bits per heavy atom. The Bertz CT molecular complexity index is 637. The number of carbonyl (C=O) groups excluding carboxylic acids is 1. The summed E-state index contributed by atoms with van der Waals surface area (Å²) >= 11 is 6.15. The molecule has 2 aromatic rings. The molecule has 6 nitrogen and oxygen atoms in total. The van der Waals surface area contributed by atoms with Gasteiger partial charge >= 0.3 is 0 Å². The summed E-state index contributed by atoms with van der Waals surface area (Å²) in [7, 11) is 4.96. The van der Waals surface area contributed by atoms with E-state index in [0.29, 0.717) is 22.9 Å². The van der Waals surface area contributed by atoms with E-state index >= 15 is 0 Å². The molecule has 1 amide bonds. The van der Waals surface area contributed by atoms with Crippen LogP contribution in [0.5, 0.6) is 5.88 Å². The zero-order valence-corrected chi connectivity index (χ0v) is 12.7. The van der Waals surface area contributed by atoms with Crippen LogP contribution in [0.25, 0.3) is 11.2 Å². The zero-order valence-electron chi connectivity index (χ0n) is 11.9. The van der Waals surface area contributed by atoms with Crippen LogP contribution < -0.4 is 4.74 Å². The van der Waals surface area contributed by atoms with Gasteiger partial charge in [0, 0.05) is 20.2 Å². The van der Waals surface area contributed by atoms with Crippen molar-refractivity contribution in [2.75, 3.05) is 21.2 Å². The number of ether oxygens (including phenoxy) is 1. The molecule has 0 spiro atoms. The number of pyridine rings is 1. The van der Waals surface area contributed by atoms with Gasteiger partial charge < -0.3 is 14.2 Å². The molecule has 0 aliphatic rings. The van der Waals surface area contributed by atoms with Gasteiger partial charge in [-0.05, 0) is 13.0 Å². The standard InChI is InChI=1S/C13H17ClN4O2/c1-8(14)12-15-9-5-6-10(20-4)16-13(9)18(12)7-11(19)17(2)3/h5-6,8H,7H2,1-4H3. The molecule has 1 atom stereocenters. The number of nitrogens with zero attached hydrogens (tertiary/aromatic N) is 4. The van der Waals surface area contributed by atoms with Crippen molar-refractivity contribution in [1.29, 1.82) is 0 Å². The molecule has 2 aromatic heterocycles. The lowest BCUT2D eigenvalue weighted by Gasteiger charge is -2.13. The normalized spacial score (nSPS) is 12.4. The highest BCUT2D eigenvalue weighted by atomic mass is 35.5. The highest BCUT2D eigenvalue weighted by Crippen LogP contribution is 2.25. The molecule has 2 rings (SSSR count). The molecular weight excluding hydrogens is 280 g/mol. The van der Waals surface area contributed by atoms with E-state index in [-0.39, 0.29) is 17.8 Å². The quantitative estimate of drug-likeness (QED) is 0.808. The lowest BCUT2D eigenvalue weighted by atomic mass is 10.4. The molecule has 20 heavy (non-hydrogen) atoms. The first kappa shape index (κ1) is 14.6. The average molecular weight is 297 g/mol. The predicted octanol–water partition coefficient (Wildman–Crippen LogP) is 1.83. The van der Waals surface area contributed by atoms with Gasteiger partial charge in [0.25, 0.3) is 0 Å². The van der Waals surface area contributed by atoms with E-state index in [2.05, 4.69) is 9.97 Å². The second-order valence-electron chi connectivity index (χ2n) is 4.66. The van der Waals surface area contributed by atoms with Crippen LogP contribution >= 0.6 is 11.6 Å². The molecule has 0 aliphatic heterocycles. The van der Waals surface area contributed by atoms with E-state index in [0.717, 1.165) is 0 Å². The predicted molar refractivity (Wildman–Crippen MR) is 77.0 cm³/mol. The summed E-state index contributed by atoms with van der Waals surface area (Å²) in [6.45, 7) is 1.96. The minimum absolute atomic E-state index is 0.0486. The van der Waals surface area contributed by atoms with Gasteiger partial charge in [0.15, 0.2) is 5.65 Å². The molecule has 0 aliphatic carbocycles. The van der Waals surface area contributed by atoms with Crippen molar-refractivity contribution < 1.29 is 9.53 Å². The average Bonchev–Trinajstić information content (AvgIpc) is 2.76. The molecule has 0 aromatic carbocycles. The Hall–Kier alpha value is -1.82. The summed E-state index contributed by atoms with van der Waals surface area (Å²) in [5.74, 6) is 1.05. The van der Waals surface area contributed by atoms with Gasteiger partial charge in [-0.15, -0.1) is 11.6 Å². The fourth-order valence-electron chi connectivity index (χ4n) is 1.85. The van der Waals surface area contributed by atoms with E-state index < -0.39 is 0 Å². The van der Waals surface area contributed by atoms with E-state index in [9.17, 15) is 4.79 Å². The third-order valence-electron chi connectivity index (χ3n) is 2.95. The van der Waals surface area contributed by atoms with E-state index in [1.165, 1.54) is 4.90 Å². The third kappa shape index (κ3) is 2.70. The van der Waals surface area contributed by atoms with Gasteiger partial charge in [-0.25, -0.2) is 4.98 Å². The number of halogens is 1. The van der Waals surface area contributed by atoms with Crippen LogP contribution in [0.2, 0.25) is 0 Å². The number of amides is 1. The van der Waals surface area contributed by atoms with Crippen LogP contribution in [0.15, 0.2) is 12.1 Å². The number of rotatable bonds is 4. The van der Waals surface area contributed by atoms with E-state index in [1.807, 2.05) is 6.92 Å². The summed E-state index contributed by atoms with van der Waals surface area (Å²) in [6, 6.07) is 3.54. The lowest BCUT2D eigenvalue weighted by molar-refractivity contribution is -0.129. The molecule has 0 saturated heterocycles. The molecule has 0 bridgehead atoms. The number of aromatic nitrogens is 3. The van der Waals surface area contributed by atoms with Gasteiger partial charge in [-0.2, -0.15) is 4.98 Å². The van der Waals surface area contributed by atoms with Crippen LogP contribution in [0.4, 0.5) is 0 Å². The number of hydrogen-bond donors (Lipinski definition) is 0. The number of fused-ring (bicyclic) bond motifs is 1. The summed E-state index contributed by atoms with van der Waals surface area (Å²) in [5.41, 5.74) is 1.29. The number of methoxy groups -OCH3 is 1. The smallest absolute Gasteiger partial charge is 0.242 e. The van der Waals surface area contributed by atoms with Crippen molar-refractivity contribution in [2.24, 2.45) is 0 Å². The van der Waals surface area contributed by atoms with Crippen LogP contribution in [0.1, 0.15) is 18.1 Å². The second kappa shape index (κ2) is 5.66. The minimum Gasteiger partial charge on any atom is -0.481 e. The summed E-state index contributed by atoms with van der Waals surface area (Å²) in [6.07, 6.45) is 0. The first-order valence-electron chi connectivity index (χ1n) is 6.19. The number of likely N-dealkylation sites (N-methyl/N-ethyl adjacent to an activating group) is 1. The molecule has 7 heteroatoms. The van der Waals surface area contributed by atoms with Crippen LogP contribution in [-0.4, -0.2) is 46.5 Å². The first-order valence-corrected chi connectivity index (χ1v) is 6.63. The van der Waals surface area contributed by atoms with Gasteiger partial charge in [-0.3, -0.25) is 4.79 Å². The van der Waals surface area contributed by atoms with Crippen molar-refractivity contribution in [3.63, 3.8) is 0 Å². The van der Waals surface area contributed by atoms with Crippen molar-refractivity contribution in [3.8, 4) is 5.88 Å². The zero-order chi connectivity index (χ0) is 14.9. The minimum atomic E-state index is -0.315. The summed E-state index contributed by atoms with van der Waals surface area (Å²) in [5, 5.41) is -0.315. The molecule has 108 valence electrons. The summed E-state index contributed by atoms with van der Waals surface area (Å²) < 4.78 is 6.85. The number of hydrogen-bond acceptors (Lipinski definition) is 4. The topological polar surface area (TPSA) is 60.3 Å². The molecule has 0 fully saturated rings. The maximum atomic E-state index is 12.0. The Balaban J connectivity index is 2.57. The van der Waals surface area contributed by atoms with Crippen LogP contribution in [0.3, 0.4) is 0 Å². The van der Waals surface area contributed by atoms with Crippen LogP contribution in [-0.2, 0) is 11.3 Å². The number of alkyl halides is 1. The van der Waals surface area contributed by atoms with Crippen molar-refractivity contribution in [1.82, 2.24) is 19.4 Å². The second-order valence-corrected chi connectivity index (χ2v) is 5.31. The maximum absolute atomic E-state index is 12.0. The monoisotopic (exact) mass is 296 g/mol. The lowest BCUT2D eigenvalue weighted by Crippen LogP contribution is -2.27. The van der Waals surface area contributed by atoms with E-state index in [1.54, 1.807) is 37.9 Å². The molecule has 0 saturated carbocycles. The molecule has 0 radical (unpaired) electrons. The van der Waals surface area contributed by atoms with Crippen molar-refractivity contribution in [3.05, 3.63) is 18.0 Å². The SMILES string of the molecule is COc1ccc2nc(C(C)Cl)n(CC(=O)N(C)C)c2n1. The maximum Gasteiger partial charge on any atom is 0.242 e. The number of imidazole rings is 1. The molecule has 0 N–H and O–H groups in total. The largest absolute Gasteiger partial charge is 0.481 e. The summed E-state index contributed by atoms with van der Waals surface area (Å²) in [4.78, 5) is 22.3. The molecular formula is C13H17ClN4O2. The highest BCUT2D eigenvalue weighted by Gasteiger charge is 2.19. The Morgan fingerprint density at radius 2 is 2.15 bits per heavy atom. The Kier molecular flexibility index (Phi) is 4.13. The van der Waals surface area contributed by atoms with Crippen LogP contribution in [0, 0.1) is 0 Å². The Labute approximate surface area is 122 Å². The van der Waals surface area contributed by atoms with Gasteiger partial charge in [-0.1, -0.05) is 0 Å². The number of carbonyl (C=O) groups is 1. The van der Waals surface area contributed by atoms with Crippen molar-refractivity contribution >= 4 is 28.7 Å². The fourth-order valence-corrected chi connectivity index (χ4v) is 2.02. The Morgan fingerprint density at radius 3 is 2.70 bits per heavy atom. The van der Waals surface area contributed by atoms with Gasteiger partial charge in [0.2, 0.25) is 11.8 Å². The first-order chi connectivity index (χ1) is 9.43. The van der Waals surface area contributed by atoms with Gasteiger partial charge in [0.05, 0.1) is 12.5 Å². The highest BCUT2D eigenvalue weighted by molar-refractivity contribution is 6.20.